The highest BCUT2D eigenvalue weighted by Gasteiger charge is 2.23. The van der Waals surface area contributed by atoms with Crippen molar-refractivity contribution in [3.8, 4) is 16.8 Å². The van der Waals surface area contributed by atoms with Crippen molar-refractivity contribution >= 4 is 86.9 Å². The minimum Gasteiger partial charge on any atom is -0.454 e. The summed E-state index contributed by atoms with van der Waals surface area (Å²) in [6.07, 6.45) is -0.245. The molecule has 1 N–H and O–H groups in total. The number of nitrogens with zero attached hydrogens (tertiary/aromatic N) is 3. The zero-order chi connectivity index (χ0) is 37.5. The van der Waals surface area contributed by atoms with Crippen LogP contribution >= 0.6 is 11.3 Å². The van der Waals surface area contributed by atoms with Gasteiger partial charge in [-0.3, -0.25) is 0 Å². The Morgan fingerprint density at radius 2 is 1.23 bits per heavy atom. The first-order valence-electron chi connectivity index (χ1n) is 19.2. The van der Waals surface area contributed by atoms with Crippen LogP contribution < -0.4 is 5.32 Å². The Bertz CT molecular complexity index is 3390. The first-order valence-corrected chi connectivity index (χ1v) is 20.0. The van der Waals surface area contributed by atoms with Crippen LogP contribution in [0, 0.1) is 0 Å². The molecule has 1 aliphatic heterocycles. The van der Waals surface area contributed by atoms with Crippen LogP contribution in [0.1, 0.15) is 22.9 Å². The lowest BCUT2D eigenvalue weighted by atomic mass is 9.97. The normalized spacial score (nSPS) is 14.5. The zero-order valence-corrected chi connectivity index (χ0v) is 31.4. The van der Waals surface area contributed by atoms with E-state index in [0.717, 1.165) is 72.6 Å². The van der Waals surface area contributed by atoms with Gasteiger partial charge >= 0.3 is 0 Å². The first-order chi connectivity index (χ1) is 28.2. The second-order valence-electron chi connectivity index (χ2n) is 14.6. The maximum Gasteiger partial charge on any atom is 0.159 e. The molecule has 3 aromatic heterocycles. The Hall–Kier alpha value is -7.28. The SMILES string of the molecule is c1ccc(C2=NC(c3ccc4c(c3)sc3cccc(-c5ccc6oc7c(-n8c9ccccc9c9ccccc98)cccc7c6c5)c34)=NC(c3ccccc3)N2)cc1. The summed E-state index contributed by atoms with van der Waals surface area (Å²) in [4.78, 5) is 10.2. The number of aromatic nitrogens is 1. The lowest BCUT2D eigenvalue weighted by molar-refractivity contribution is 0.666. The van der Waals surface area contributed by atoms with Crippen molar-refractivity contribution in [2.24, 2.45) is 9.98 Å². The predicted octanol–water partition coefficient (Wildman–Crippen LogP) is 13.2. The van der Waals surface area contributed by atoms with Crippen molar-refractivity contribution in [2.75, 3.05) is 0 Å². The number of hydrogen-bond donors (Lipinski definition) is 1. The van der Waals surface area contributed by atoms with Crippen LogP contribution in [0.15, 0.2) is 196 Å². The van der Waals surface area contributed by atoms with Crippen molar-refractivity contribution in [1.29, 1.82) is 0 Å². The van der Waals surface area contributed by atoms with E-state index < -0.39 is 0 Å². The van der Waals surface area contributed by atoms with Gasteiger partial charge in [-0.2, -0.15) is 0 Å². The molecule has 1 unspecified atom stereocenters. The fourth-order valence-corrected chi connectivity index (χ4v) is 9.81. The van der Waals surface area contributed by atoms with Crippen molar-refractivity contribution in [2.45, 2.75) is 6.17 Å². The molecular weight excluding hydrogens is 717 g/mol. The van der Waals surface area contributed by atoms with E-state index in [9.17, 15) is 0 Å². The first kappa shape index (κ1) is 32.0. The quantitative estimate of drug-likeness (QED) is 0.191. The molecule has 0 spiro atoms. The minimum atomic E-state index is -0.245. The molecule has 8 aromatic carbocycles. The lowest BCUT2D eigenvalue weighted by Crippen LogP contribution is -2.33. The number of fused-ring (bicyclic) bond motifs is 9. The largest absolute Gasteiger partial charge is 0.454 e. The van der Waals surface area contributed by atoms with Crippen LogP contribution in [0.3, 0.4) is 0 Å². The molecule has 0 saturated heterocycles. The molecule has 0 saturated carbocycles. The molecule has 0 radical (unpaired) electrons. The second-order valence-corrected chi connectivity index (χ2v) is 15.6. The van der Waals surface area contributed by atoms with E-state index >= 15 is 0 Å². The van der Waals surface area contributed by atoms with Gasteiger partial charge in [0.05, 0.1) is 16.7 Å². The third-order valence-corrected chi connectivity index (χ3v) is 12.4. The van der Waals surface area contributed by atoms with Crippen molar-refractivity contribution in [3.05, 3.63) is 199 Å². The fraction of sp³-hybridized carbons (Fsp3) is 0.0196. The third-order valence-electron chi connectivity index (χ3n) is 11.3. The van der Waals surface area contributed by atoms with Crippen LogP contribution in [-0.4, -0.2) is 16.2 Å². The van der Waals surface area contributed by atoms with Crippen LogP contribution in [0.2, 0.25) is 0 Å². The van der Waals surface area contributed by atoms with Crippen molar-refractivity contribution < 1.29 is 4.42 Å². The number of aliphatic imine (C=N–C) groups is 2. The molecule has 0 aliphatic carbocycles. The Morgan fingerprint density at radius 3 is 2.04 bits per heavy atom. The van der Waals surface area contributed by atoms with Gasteiger partial charge in [-0.05, 0) is 59.2 Å². The second kappa shape index (κ2) is 12.6. The van der Waals surface area contributed by atoms with E-state index in [4.69, 9.17) is 14.4 Å². The molecular formula is C51H32N4OS. The zero-order valence-electron chi connectivity index (χ0n) is 30.6. The fourth-order valence-electron chi connectivity index (χ4n) is 8.64. The van der Waals surface area contributed by atoms with Gasteiger partial charge in [-0.15, -0.1) is 11.3 Å². The number of rotatable bonds is 5. The molecule has 0 fully saturated rings. The summed E-state index contributed by atoms with van der Waals surface area (Å²) in [5, 5.41) is 10.7. The molecule has 1 atom stereocenters. The van der Waals surface area contributed by atoms with Gasteiger partial charge in [0, 0.05) is 52.8 Å². The van der Waals surface area contributed by atoms with E-state index in [0.29, 0.717) is 0 Å². The lowest BCUT2D eigenvalue weighted by Gasteiger charge is -2.23. The van der Waals surface area contributed by atoms with Crippen LogP contribution in [0.5, 0.6) is 0 Å². The van der Waals surface area contributed by atoms with E-state index in [2.05, 4.69) is 168 Å². The Labute approximate surface area is 331 Å². The van der Waals surface area contributed by atoms with Gasteiger partial charge in [-0.1, -0.05) is 140 Å². The Kier molecular flexibility index (Phi) is 7.09. The van der Waals surface area contributed by atoms with Gasteiger partial charge in [0.25, 0.3) is 0 Å². The molecule has 0 amide bonds. The Morgan fingerprint density at radius 1 is 0.526 bits per heavy atom. The molecule has 11 aromatic rings. The third kappa shape index (κ3) is 5.08. The van der Waals surface area contributed by atoms with Gasteiger partial charge in [0.1, 0.15) is 17.6 Å². The van der Waals surface area contributed by atoms with E-state index in [1.807, 2.05) is 35.6 Å². The topological polar surface area (TPSA) is 54.8 Å². The summed E-state index contributed by atoms with van der Waals surface area (Å²) in [6.45, 7) is 0. The Balaban J connectivity index is 0.980. The number of benzene rings is 8. The number of amidine groups is 2. The maximum atomic E-state index is 6.74. The summed E-state index contributed by atoms with van der Waals surface area (Å²) in [5.41, 5.74) is 10.6. The standard InChI is InChI=1S/C51H32N4OS/c1-3-13-31(14-4-1)49-52-50(32-15-5-2-6-16-32)54-51(53-49)34-25-27-39-46(30-34)57-45-24-12-19-35(47(39)45)33-26-28-44-40(29-33)38-20-11-23-43(48(38)56-44)55-41-21-9-7-17-36(41)37-18-8-10-22-42(37)55/h1-30,49H,(H,52,53,54). The smallest absolute Gasteiger partial charge is 0.159 e. The number of furan rings is 1. The number of thiophene rings is 1. The van der Waals surface area contributed by atoms with Gasteiger partial charge in [0.15, 0.2) is 11.4 Å². The molecule has 268 valence electrons. The monoisotopic (exact) mass is 748 g/mol. The maximum absolute atomic E-state index is 6.74. The molecule has 1 aliphatic rings. The molecule has 5 nitrogen and oxygen atoms in total. The summed E-state index contributed by atoms with van der Waals surface area (Å²) in [7, 11) is 0. The summed E-state index contributed by atoms with van der Waals surface area (Å²) in [6, 6.07) is 64.3. The molecule has 12 rings (SSSR count). The van der Waals surface area contributed by atoms with Gasteiger partial charge in [-0.25, -0.2) is 9.98 Å². The summed E-state index contributed by atoms with van der Waals surface area (Å²) >= 11 is 1.81. The van der Waals surface area contributed by atoms with Crippen molar-refractivity contribution in [3.63, 3.8) is 0 Å². The molecule has 0 bridgehead atoms. The van der Waals surface area contributed by atoms with Crippen molar-refractivity contribution in [1.82, 2.24) is 9.88 Å². The highest BCUT2D eigenvalue weighted by molar-refractivity contribution is 7.26. The van der Waals surface area contributed by atoms with E-state index in [1.54, 1.807) is 0 Å². The number of nitrogens with one attached hydrogen (secondary N) is 1. The highest BCUT2D eigenvalue weighted by atomic mass is 32.1. The highest BCUT2D eigenvalue weighted by Crippen LogP contribution is 2.43. The summed E-state index contributed by atoms with van der Waals surface area (Å²) in [5.74, 6) is 1.54. The number of para-hydroxylation sites is 3. The molecule has 57 heavy (non-hydrogen) atoms. The van der Waals surface area contributed by atoms with Crippen LogP contribution in [-0.2, 0) is 0 Å². The van der Waals surface area contributed by atoms with Crippen LogP contribution in [0.4, 0.5) is 0 Å². The average molecular weight is 749 g/mol. The van der Waals surface area contributed by atoms with Crippen LogP contribution in [0.25, 0.3) is 80.7 Å². The number of hydrogen-bond acceptors (Lipinski definition) is 5. The molecule has 4 heterocycles. The average Bonchev–Trinajstić information content (AvgIpc) is 3.96. The predicted molar refractivity (Wildman–Crippen MR) is 238 cm³/mol. The minimum absolute atomic E-state index is 0.245. The van der Waals surface area contributed by atoms with Gasteiger partial charge < -0.3 is 14.3 Å². The van der Waals surface area contributed by atoms with Gasteiger partial charge in [0.2, 0.25) is 0 Å². The summed E-state index contributed by atoms with van der Waals surface area (Å²) < 4.78 is 11.5. The van der Waals surface area contributed by atoms with E-state index in [-0.39, 0.29) is 6.17 Å². The molecule has 6 heteroatoms. The van der Waals surface area contributed by atoms with E-state index in [1.165, 1.54) is 36.5 Å².